The van der Waals surface area contributed by atoms with E-state index >= 15 is 0 Å². The Morgan fingerprint density at radius 1 is 1.26 bits per heavy atom. The van der Waals surface area contributed by atoms with Crippen LogP contribution in [0.3, 0.4) is 0 Å². The van der Waals surface area contributed by atoms with Gasteiger partial charge in [-0.05, 0) is 19.1 Å². The van der Waals surface area contributed by atoms with Crippen LogP contribution in [0.5, 0.6) is 11.5 Å². The van der Waals surface area contributed by atoms with Gasteiger partial charge in [0.1, 0.15) is 6.61 Å². The van der Waals surface area contributed by atoms with E-state index in [9.17, 15) is 9.90 Å². The van der Waals surface area contributed by atoms with Crippen LogP contribution in [0.2, 0.25) is 0 Å². The lowest BCUT2D eigenvalue weighted by atomic mass is 10.2. The molecule has 2 aliphatic heterocycles. The fourth-order valence-electron chi connectivity index (χ4n) is 3.16. The van der Waals surface area contributed by atoms with Crippen LogP contribution < -0.4 is 9.47 Å². The van der Waals surface area contributed by atoms with Crippen LogP contribution in [0.25, 0.3) is 0 Å². The smallest absolute Gasteiger partial charge is 0.409 e. The average molecular weight is 380 g/mol. The molecule has 0 unspecified atom stereocenters. The number of hydrogen-bond donors (Lipinski definition) is 1. The Morgan fingerprint density at radius 2 is 2.00 bits per heavy atom. The average Bonchev–Trinajstić information content (AvgIpc) is 2.68. The molecular formula is C19H28N2O6. The van der Waals surface area contributed by atoms with E-state index in [-0.39, 0.29) is 18.8 Å². The standard InChI is InChI=1S/C19H28N2O6/c1-2-25-19(23)21-9-7-20(8-10-21)11-15(22)12-24-13-16-14-26-17-5-3-4-6-18(17)27-16/h3-6,15-16,22H,2,7-14H2,1H3/t15-,16-/m1/s1. The van der Waals surface area contributed by atoms with Gasteiger partial charge in [-0.1, -0.05) is 12.1 Å². The van der Waals surface area contributed by atoms with E-state index in [4.69, 9.17) is 18.9 Å². The molecule has 150 valence electrons. The van der Waals surface area contributed by atoms with Gasteiger partial charge in [-0.2, -0.15) is 0 Å². The Bertz CT molecular complexity index is 606. The number of β-amino-alcohol motifs (C(OH)–C–C–N with tert-alkyl or cyclic N) is 1. The minimum Gasteiger partial charge on any atom is -0.486 e. The number of para-hydroxylation sites is 2. The first-order chi connectivity index (χ1) is 13.2. The van der Waals surface area contributed by atoms with Gasteiger partial charge in [-0.3, -0.25) is 4.90 Å². The van der Waals surface area contributed by atoms with E-state index < -0.39 is 6.10 Å². The van der Waals surface area contributed by atoms with Crippen LogP contribution in [-0.4, -0.2) is 92.4 Å². The summed E-state index contributed by atoms with van der Waals surface area (Å²) in [4.78, 5) is 15.5. The second-order valence-electron chi connectivity index (χ2n) is 6.68. The second-order valence-corrected chi connectivity index (χ2v) is 6.68. The molecule has 27 heavy (non-hydrogen) atoms. The first-order valence-electron chi connectivity index (χ1n) is 9.44. The number of rotatable bonds is 7. The Hall–Kier alpha value is -2.03. The Morgan fingerprint density at radius 3 is 2.74 bits per heavy atom. The molecule has 1 fully saturated rings. The second kappa shape index (κ2) is 9.77. The van der Waals surface area contributed by atoms with Gasteiger partial charge in [0.2, 0.25) is 0 Å². The zero-order chi connectivity index (χ0) is 19.1. The summed E-state index contributed by atoms with van der Waals surface area (Å²) in [5.74, 6) is 1.47. The molecule has 0 spiro atoms. The van der Waals surface area contributed by atoms with Crippen molar-refractivity contribution in [3.05, 3.63) is 24.3 Å². The highest BCUT2D eigenvalue weighted by Gasteiger charge is 2.24. The number of carbonyl (C=O) groups excluding carboxylic acids is 1. The number of aliphatic hydroxyl groups is 1. The van der Waals surface area contributed by atoms with E-state index in [0.29, 0.717) is 52.5 Å². The number of benzene rings is 1. The summed E-state index contributed by atoms with van der Waals surface area (Å²) in [5, 5.41) is 10.2. The third-order valence-electron chi connectivity index (χ3n) is 4.55. The summed E-state index contributed by atoms with van der Waals surface area (Å²) in [6, 6.07) is 7.54. The molecule has 0 aliphatic carbocycles. The van der Waals surface area contributed by atoms with E-state index in [1.807, 2.05) is 24.3 Å². The highest BCUT2D eigenvalue weighted by molar-refractivity contribution is 5.67. The van der Waals surface area contributed by atoms with Crippen molar-refractivity contribution in [2.45, 2.75) is 19.1 Å². The Labute approximate surface area is 159 Å². The fraction of sp³-hybridized carbons (Fsp3) is 0.632. The summed E-state index contributed by atoms with van der Waals surface area (Å²) in [7, 11) is 0. The number of hydrogen-bond acceptors (Lipinski definition) is 7. The van der Waals surface area contributed by atoms with Gasteiger partial charge >= 0.3 is 6.09 Å². The molecule has 0 radical (unpaired) electrons. The maximum atomic E-state index is 11.7. The number of carbonyl (C=O) groups is 1. The van der Waals surface area contributed by atoms with E-state index in [2.05, 4.69) is 4.90 Å². The highest BCUT2D eigenvalue weighted by atomic mass is 16.6. The lowest BCUT2D eigenvalue weighted by molar-refractivity contribution is -0.0318. The molecule has 1 aromatic carbocycles. The lowest BCUT2D eigenvalue weighted by Crippen LogP contribution is -2.51. The largest absolute Gasteiger partial charge is 0.486 e. The molecule has 3 rings (SSSR count). The first-order valence-corrected chi connectivity index (χ1v) is 9.44. The van der Waals surface area contributed by atoms with Crippen molar-refractivity contribution in [1.82, 2.24) is 9.80 Å². The molecule has 0 saturated carbocycles. The van der Waals surface area contributed by atoms with Gasteiger partial charge in [0.15, 0.2) is 17.6 Å². The number of fused-ring (bicyclic) bond motifs is 1. The van der Waals surface area contributed by atoms with Crippen LogP contribution in [0, 0.1) is 0 Å². The van der Waals surface area contributed by atoms with Gasteiger partial charge < -0.3 is 29.0 Å². The molecule has 2 aliphatic rings. The van der Waals surface area contributed by atoms with Crippen molar-refractivity contribution in [1.29, 1.82) is 0 Å². The fourth-order valence-corrected chi connectivity index (χ4v) is 3.16. The summed E-state index contributed by atoms with van der Waals surface area (Å²) in [6.45, 7) is 6.38. The molecular weight excluding hydrogens is 352 g/mol. The van der Waals surface area contributed by atoms with Gasteiger partial charge in [0.25, 0.3) is 0 Å². The van der Waals surface area contributed by atoms with Crippen molar-refractivity contribution in [3.63, 3.8) is 0 Å². The molecule has 0 aromatic heterocycles. The van der Waals surface area contributed by atoms with E-state index in [0.717, 1.165) is 11.5 Å². The molecule has 2 atom stereocenters. The number of amides is 1. The third kappa shape index (κ3) is 5.72. The molecule has 1 N–H and O–H groups in total. The van der Waals surface area contributed by atoms with Crippen molar-refractivity contribution < 1.29 is 28.8 Å². The highest BCUT2D eigenvalue weighted by Crippen LogP contribution is 2.30. The lowest BCUT2D eigenvalue weighted by Gasteiger charge is -2.35. The first kappa shape index (κ1) is 19.7. The number of ether oxygens (including phenoxy) is 4. The molecule has 1 saturated heterocycles. The quantitative estimate of drug-likeness (QED) is 0.755. The van der Waals surface area contributed by atoms with Gasteiger partial charge in [0, 0.05) is 32.7 Å². The Kier molecular flexibility index (Phi) is 7.14. The van der Waals surface area contributed by atoms with Crippen molar-refractivity contribution in [3.8, 4) is 11.5 Å². The third-order valence-corrected chi connectivity index (χ3v) is 4.55. The van der Waals surface area contributed by atoms with Crippen LogP contribution >= 0.6 is 0 Å². The van der Waals surface area contributed by atoms with Crippen LogP contribution in [0.4, 0.5) is 4.79 Å². The van der Waals surface area contributed by atoms with E-state index in [1.165, 1.54) is 0 Å². The van der Waals surface area contributed by atoms with Crippen LogP contribution in [0.15, 0.2) is 24.3 Å². The van der Waals surface area contributed by atoms with Gasteiger partial charge in [0.05, 0.1) is 25.9 Å². The Balaban J connectivity index is 1.30. The van der Waals surface area contributed by atoms with Crippen molar-refractivity contribution >= 4 is 6.09 Å². The SMILES string of the molecule is CCOC(=O)N1CCN(C[C@@H](O)COC[C@@H]2COc3ccccc3O2)CC1. The predicted octanol–water partition coefficient (Wildman–Crippen LogP) is 0.978. The van der Waals surface area contributed by atoms with Crippen molar-refractivity contribution in [2.24, 2.45) is 0 Å². The van der Waals surface area contributed by atoms with Crippen LogP contribution in [0.1, 0.15) is 6.92 Å². The molecule has 1 aromatic rings. The summed E-state index contributed by atoms with van der Waals surface area (Å²) in [5.41, 5.74) is 0. The number of piperazine rings is 1. The maximum Gasteiger partial charge on any atom is 0.409 e. The monoisotopic (exact) mass is 380 g/mol. The van der Waals surface area contributed by atoms with Crippen LogP contribution in [-0.2, 0) is 9.47 Å². The predicted molar refractivity (Wildman–Crippen MR) is 98.2 cm³/mol. The summed E-state index contributed by atoms with van der Waals surface area (Å²) >= 11 is 0. The summed E-state index contributed by atoms with van der Waals surface area (Å²) in [6.07, 6.45) is -1.03. The zero-order valence-corrected chi connectivity index (χ0v) is 15.7. The molecule has 1 amide bonds. The summed E-state index contributed by atoms with van der Waals surface area (Å²) < 4.78 is 22.1. The van der Waals surface area contributed by atoms with Gasteiger partial charge in [-0.25, -0.2) is 4.79 Å². The zero-order valence-electron chi connectivity index (χ0n) is 15.7. The van der Waals surface area contributed by atoms with Gasteiger partial charge in [-0.15, -0.1) is 0 Å². The number of nitrogens with zero attached hydrogens (tertiary/aromatic N) is 2. The molecule has 0 bridgehead atoms. The minimum atomic E-state index is -0.587. The molecule has 8 nitrogen and oxygen atoms in total. The molecule has 2 heterocycles. The van der Waals surface area contributed by atoms with Crippen molar-refractivity contribution in [2.75, 3.05) is 59.2 Å². The topological polar surface area (TPSA) is 80.7 Å². The molecule has 8 heteroatoms. The maximum absolute atomic E-state index is 11.7. The van der Waals surface area contributed by atoms with E-state index in [1.54, 1.807) is 11.8 Å². The minimum absolute atomic E-state index is 0.180. The number of aliphatic hydroxyl groups excluding tert-OH is 1. The normalized spacial score (nSPS) is 21.0.